The Labute approximate surface area is 186 Å². The summed E-state index contributed by atoms with van der Waals surface area (Å²) in [4.78, 5) is 7.01. The Hall–Kier alpha value is -1.84. The molecule has 2 aromatic carbocycles. The van der Waals surface area contributed by atoms with Crippen LogP contribution in [-0.2, 0) is 16.3 Å². The standard InChI is InChI=1S/C21H19BrF2N2O2S2/c22-15-2-1-3-20(11-15)30(27,28)19-4-6-26(7-5-19)21-25-18(13-29-21)10-14-8-16(23)12-17(24)9-14/h1-3,8-9,11-13,19H,4-7,10H2. The van der Waals surface area contributed by atoms with Gasteiger partial charge < -0.3 is 4.90 Å². The molecule has 1 fully saturated rings. The number of benzene rings is 2. The Balaban J connectivity index is 1.41. The van der Waals surface area contributed by atoms with E-state index < -0.39 is 26.7 Å². The molecule has 0 atom stereocenters. The molecule has 0 bridgehead atoms. The van der Waals surface area contributed by atoms with Gasteiger partial charge in [0.05, 0.1) is 15.8 Å². The van der Waals surface area contributed by atoms with E-state index in [0.29, 0.717) is 42.8 Å². The average Bonchev–Trinajstić information content (AvgIpc) is 3.16. The van der Waals surface area contributed by atoms with Crippen LogP contribution in [0.4, 0.5) is 13.9 Å². The number of nitrogens with zero attached hydrogens (tertiary/aromatic N) is 2. The first-order chi connectivity index (χ1) is 14.3. The second kappa shape index (κ2) is 8.72. The molecule has 0 amide bonds. The first-order valence-corrected chi connectivity index (χ1v) is 12.7. The summed E-state index contributed by atoms with van der Waals surface area (Å²) in [6, 6.07) is 10.3. The second-order valence-electron chi connectivity index (χ2n) is 7.26. The van der Waals surface area contributed by atoms with E-state index in [1.165, 1.54) is 23.5 Å². The number of anilines is 1. The van der Waals surface area contributed by atoms with Crippen molar-refractivity contribution in [3.8, 4) is 0 Å². The Morgan fingerprint density at radius 2 is 1.80 bits per heavy atom. The van der Waals surface area contributed by atoms with E-state index >= 15 is 0 Å². The van der Waals surface area contributed by atoms with Crippen LogP contribution < -0.4 is 4.90 Å². The SMILES string of the molecule is O=S(=O)(c1cccc(Br)c1)C1CCN(c2nc(Cc3cc(F)cc(F)c3)cs2)CC1. The lowest BCUT2D eigenvalue weighted by molar-refractivity contribution is 0.529. The minimum atomic E-state index is -3.38. The van der Waals surface area contributed by atoms with E-state index in [-0.39, 0.29) is 0 Å². The molecule has 0 N–H and O–H groups in total. The van der Waals surface area contributed by atoms with Crippen LogP contribution in [-0.4, -0.2) is 31.7 Å². The molecule has 1 aliphatic rings. The van der Waals surface area contributed by atoms with E-state index in [0.717, 1.165) is 21.4 Å². The molecule has 9 heteroatoms. The summed E-state index contributed by atoms with van der Waals surface area (Å²) in [6.07, 6.45) is 1.40. The highest BCUT2D eigenvalue weighted by molar-refractivity contribution is 9.10. The highest BCUT2D eigenvalue weighted by Crippen LogP contribution is 2.30. The summed E-state index contributed by atoms with van der Waals surface area (Å²) in [6.45, 7) is 1.19. The molecule has 1 aliphatic heterocycles. The number of halogens is 3. The number of piperidine rings is 1. The Morgan fingerprint density at radius 1 is 1.10 bits per heavy atom. The molecule has 0 unspecified atom stereocenters. The summed E-state index contributed by atoms with van der Waals surface area (Å²) in [5.41, 5.74) is 1.27. The van der Waals surface area contributed by atoms with Crippen molar-refractivity contribution in [1.29, 1.82) is 0 Å². The van der Waals surface area contributed by atoms with Crippen LogP contribution in [0.5, 0.6) is 0 Å². The highest BCUT2D eigenvalue weighted by atomic mass is 79.9. The van der Waals surface area contributed by atoms with Crippen LogP contribution in [0.15, 0.2) is 57.2 Å². The van der Waals surface area contributed by atoms with Crippen LogP contribution in [0.2, 0.25) is 0 Å². The van der Waals surface area contributed by atoms with Gasteiger partial charge in [0, 0.05) is 35.4 Å². The van der Waals surface area contributed by atoms with Crippen molar-refractivity contribution in [1.82, 2.24) is 4.98 Å². The molecule has 3 aromatic rings. The van der Waals surface area contributed by atoms with Crippen molar-refractivity contribution in [2.24, 2.45) is 0 Å². The van der Waals surface area contributed by atoms with Gasteiger partial charge in [-0.3, -0.25) is 0 Å². The number of hydrogen-bond donors (Lipinski definition) is 0. The Bertz CT molecular complexity index is 1140. The molecule has 1 saturated heterocycles. The topological polar surface area (TPSA) is 50.3 Å². The molecule has 0 aliphatic carbocycles. The van der Waals surface area contributed by atoms with Gasteiger partial charge in [-0.25, -0.2) is 22.2 Å². The van der Waals surface area contributed by atoms with E-state index in [9.17, 15) is 17.2 Å². The average molecular weight is 513 g/mol. The summed E-state index contributed by atoms with van der Waals surface area (Å²) in [5, 5.41) is 2.26. The zero-order valence-corrected chi connectivity index (χ0v) is 19.1. The zero-order valence-electron chi connectivity index (χ0n) is 15.9. The molecular weight excluding hydrogens is 494 g/mol. The summed E-state index contributed by atoms with van der Waals surface area (Å²) < 4.78 is 53.4. The van der Waals surface area contributed by atoms with Crippen molar-refractivity contribution >= 4 is 42.2 Å². The zero-order chi connectivity index (χ0) is 21.3. The minimum absolute atomic E-state index is 0.342. The first-order valence-electron chi connectivity index (χ1n) is 9.45. The van der Waals surface area contributed by atoms with Crippen LogP contribution in [0, 0.1) is 11.6 Å². The van der Waals surface area contributed by atoms with Gasteiger partial charge in [0.25, 0.3) is 0 Å². The lowest BCUT2D eigenvalue weighted by atomic mass is 10.1. The van der Waals surface area contributed by atoms with Gasteiger partial charge in [0.1, 0.15) is 11.6 Å². The van der Waals surface area contributed by atoms with Crippen LogP contribution in [0.1, 0.15) is 24.1 Å². The number of aromatic nitrogens is 1. The third-order valence-corrected chi connectivity index (χ3v) is 8.83. The summed E-state index contributed by atoms with van der Waals surface area (Å²) in [5.74, 6) is -1.21. The normalized spacial score (nSPS) is 15.5. The predicted octanol–water partition coefficient (Wildman–Crippen LogP) is 5.22. The van der Waals surface area contributed by atoms with Gasteiger partial charge in [-0.2, -0.15) is 0 Å². The van der Waals surface area contributed by atoms with Crippen molar-refractivity contribution < 1.29 is 17.2 Å². The van der Waals surface area contributed by atoms with Crippen molar-refractivity contribution in [3.63, 3.8) is 0 Å². The number of sulfone groups is 1. The molecule has 158 valence electrons. The maximum Gasteiger partial charge on any atom is 0.185 e. The molecule has 30 heavy (non-hydrogen) atoms. The monoisotopic (exact) mass is 512 g/mol. The van der Waals surface area contributed by atoms with E-state index in [1.54, 1.807) is 24.3 Å². The van der Waals surface area contributed by atoms with E-state index in [1.807, 2.05) is 5.38 Å². The van der Waals surface area contributed by atoms with Crippen LogP contribution >= 0.6 is 27.3 Å². The lowest BCUT2D eigenvalue weighted by Gasteiger charge is -2.31. The van der Waals surface area contributed by atoms with Gasteiger partial charge in [-0.05, 0) is 48.7 Å². The van der Waals surface area contributed by atoms with Crippen molar-refractivity contribution in [2.75, 3.05) is 18.0 Å². The maximum absolute atomic E-state index is 13.4. The quantitative estimate of drug-likeness (QED) is 0.470. The molecule has 4 nitrogen and oxygen atoms in total. The number of hydrogen-bond acceptors (Lipinski definition) is 5. The molecule has 0 saturated carbocycles. The fourth-order valence-corrected chi connectivity index (χ4v) is 6.84. The minimum Gasteiger partial charge on any atom is -0.348 e. The third-order valence-electron chi connectivity index (χ3n) is 5.12. The number of rotatable bonds is 5. The summed E-state index contributed by atoms with van der Waals surface area (Å²) >= 11 is 4.79. The summed E-state index contributed by atoms with van der Waals surface area (Å²) in [7, 11) is -3.38. The fraction of sp³-hybridized carbons (Fsp3) is 0.286. The van der Waals surface area contributed by atoms with Crippen molar-refractivity contribution in [2.45, 2.75) is 29.4 Å². The largest absolute Gasteiger partial charge is 0.348 e. The second-order valence-corrected chi connectivity index (χ2v) is 11.2. The molecule has 0 spiro atoms. The Morgan fingerprint density at radius 3 is 2.47 bits per heavy atom. The molecule has 2 heterocycles. The Kier molecular flexibility index (Phi) is 6.22. The first kappa shape index (κ1) is 21.4. The van der Waals surface area contributed by atoms with Gasteiger partial charge in [0.2, 0.25) is 0 Å². The van der Waals surface area contributed by atoms with Gasteiger partial charge in [-0.15, -0.1) is 11.3 Å². The molecule has 1 aromatic heterocycles. The third kappa shape index (κ3) is 4.73. The smallest absolute Gasteiger partial charge is 0.185 e. The molecular formula is C21H19BrF2N2O2S2. The van der Waals surface area contributed by atoms with Crippen LogP contribution in [0.25, 0.3) is 0 Å². The number of thiazole rings is 1. The molecule has 0 radical (unpaired) electrons. The van der Waals surface area contributed by atoms with E-state index in [2.05, 4.69) is 25.8 Å². The van der Waals surface area contributed by atoms with Gasteiger partial charge in [0.15, 0.2) is 15.0 Å². The fourth-order valence-electron chi connectivity index (χ4n) is 3.64. The van der Waals surface area contributed by atoms with Gasteiger partial charge in [-0.1, -0.05) is 22.0 Å². The molecule has 4 rings (SSSR count). The lowest BCUT2D eigenvalue weighted by Crippen LogP contribution is -2.39. The predicted molar refractivity (Wildman–Crippen MR) is 118 cm³/mol. The van der Waals surface area contributed by atoms with E-state index in [4.69, 9.17) is 0 Å². The maximum atomic E-state index is 13.4. The highest BCUT2D eigenvalue weighted by Gasteiger charge is 2.32. The van der Waals surface area contributed by atoms with Crippen molar-refractivity contribution in [3.05, 3.63) is 75.2 Å². The van der Waals surface area contributed by atoms with Gasteiger partial charge >= 0.3 is 0 Å². The van der Waals surface area contributed by atoms with Crippen LogP contribution in [0.3, 0.4) is 0 Å².